The SMILES string of the molecule is CCN(CCC(=O)O)C(=O)CN. The fourth-order valence-corrected chi connectivity index (χ4v) is 0.819. The van der Waals surface area contributed by atoms with Gasteiger partial charge in [-0.1, -0.05) is 0 Å². The Kier molecular flexibility index (Phi) is 5.03. The Balaban J connectivity index is 3.83. The number of carbonyl (C=O) groups is 2. The molecule has 0 aromatic heterocycles. The summed E-state index contributed by atoms with van der Waals surface area (Å²) in [6.45, 7) is 2.47. The molecule has 1 amide bonds. The highest BCUT2D eigenvalue weighted by atomic mass is 16.4. The number of likely N-dealkylation sites (N-methyl/N-ethyl adjacent to an activating group) is 1. The predicted octanol–water partition coefficient (Wildman–Crippen LogP) is -0.732. The standard InChI is InChI=1S/C7H14N2O3/c1-2-9(6(10)5-8)4-3-7(11)12/h2-5,8H2,1H3,(H,11,12). The predicted molar refractivity (Wildman–Crippen MR) is 43.6 cm³/mol. The van der Waals surface area contributed by atoms with Crippen LogP contribution in [0.25, 0.3) is 0 Å². The van der Waals surface area contributed by atoms with Crippen LogP contribution in [0.15, 0.2) is 0 Å². The Hall–Kier alpha value is -1.10. The van der Waals surface area contributed by atoms with Crippen molar-refractivity contribution >= 4 is 11.9 Å². The molecule has 0 aliphatic rings. The quantitative estimate of drug-likeness (QED) is 0.575. The first-order valence-corrected chi connectivity index (χ1v) is 3.81. The van der Waals surface area contributed by atoms with Crippen LogP contribution in [0.3, 0.4) is 0 Å². The average Bonchev–Trinajstić information content (AvgIpc) is 2.04. The number of nitrogens with two attached hydrogens (primary N) is 1. The van der Waals surface area contributed by atoms with Crippen molar-refractivity contribution in [1.29, 1.82) is 0 Å². The molecule has 0 heterocycles. The molecule has 70 valence electrons. The first-order chi connectivity index (χ1) is 5.61. The molecule has 0 radical (unpaired) electrons. The fraction of sp³-hybridized carbons (Fsp3) is 0.714. The highest BCUT2D eigenvalue weighted by Gasteiger charge is 2.10. The number of hydrogen-bond acceptors (Lipinski definition) is 3. The molecule has 0 aromatic rings. The van der Waals surface area contributed by atoms with Crippen molar-refractivity contribution in [3.05, 3.63) is 0 Å². The maximum absolute atomic E-state index is 11.0. The minimum atomic E-state index is -0.904. The van der Waals surface area contributed by atoms with Crippen molar-refractivity contribution < 1.29 is 14.7 Å². The van der Waals surface area contributed by atoms with Crippen molar-refractivity contribution in [1.82, 2.24) is 4.90 Å². The van der Waals surface area contributed by atoms with Crippen LogP contribution < -0.4 is 5.73 Å². The lowest BCUT2D eigenvalue weighted by molar-refractivity contribution is -0.138. The van der Waals surface area contributed by atoms with Crippen molar-refractivity contribution in [3.63, 3.8) is 0 Å². The van der Waals surface area contributed by atoms with E-state index in [-0.39, 0.29) is 25.4 Å². The van der Waals surface area contributed by atoms with Gasteiger partial charge >= 0.3 is 5.97 Å². The number of hydrogen-bond donors (Lipinski definition) is 2. The van der Waals surface area contributed by atoms with E-state index in [1.807, 2.05) is 0 Å². The molecule has 0 rings (SSSR count). The van der Waals surface area contributed by atoms with Crippen molar-refractivity contribution in [2.24, 2.45) is 5.73 Å². The Morgan fingerprint density at radius 2 is 2.08 bits per heavy atom. The molecule has 0 bridgehead atoms. The lowest BCUT2D eigenvalue weighted by Crippen LogP contribution is -2.37. The summed E-state index contributed by atoms with van der Waals surface area (Å²) < 4.78 is 0. The molecule has 12 heavy (non-hydrogen) atoms. The third-order valence-electron chi connectivity index (χ3n) is 1.50. The van der Waals surface area contributed by atoms with Crippen LogP contribution in [0, 0.1) is 0 Å². The molecule has 0 aliphatic heterocycles. The number of rotatable bonds is 5. The highest BCUT2D eigenvalue weighted by Crippen LogP contribution is 1.91. The zero-order valence-corrected chi connectivity index (χ0v) is 7.12. The van der Waals surface area contributed by atoms with Crippen LogP contribution in [0.1, 0.15) is 13.3 Å². The highest BCUT2D eigenvalue weighted by molar-refractivity contribution is 5.78. The Morgan fingerprint density at radius 1 is 1.50 bits per heavy atom. The Morgan fingerprint density at radius 3 is 2.42 bits per heavy atom. The number of amides is 1. The van der Waals surface area contributed by atoms with E-state index in [9.17, 15) is 9.59 Å². The molecule has 3 N–H and O–H groups in total. The molecule has 0 spiro atoms. The van der Waals surface area contributed by atoms with Crippen LogP contribution in [0.5, 0.6) is 0 Å². The summed E-state index contributed by atoms with van der Waals surface area (Å²) in [4.78, 5) is 22.5. The van der Waals surface area contributed by atoms with Crippen molar-refractivity contribution in [2.75, 3.05) is 19.6 Å². The maximum Gasteiger partial charge on any atom is 0.305 e. The normalized spacial score (nSPS) is 9.50. The van der Waals surface area contributed by atoms with E-state index in [1.54, 1.807) is 6.92 Å². The van der Waals surface area contributed by atoms with Crippen molar-refractivity contribution in [2.45, 2.75) is 13.3 Å². The van der Waals surface area contributed by atoms with Crippen LogP contribution in [-0.2, 0) is 9.59 Å². The van der Waals surface area contributed by atoms with Gasteiger partial charge in [0.15, 0.2) is 0 Å². The summed E-state index contributed by atoms with van der Waals surface area (Å²) in [5, 5.41) is 8.34. The molecule has 0 unspecified atom stereocenters. The van der Waals surface area contributed by atoms with Gasteiger partial charge in [0.25, 0.3) is 0 Å². The fourth-order valence-electron chi connectivity index (χ4n) is 0.819. The molecule has 0 fully saturated rings. The van der Waals surface area contributed by atoms with Gasteiger partial charge in [-0.15, -0.1) is 0 Å². The molecule has 0 aromatic carbocycles. The van der Waals surface area contributed by atoms with Gasteiger partial charge in [-0.05, 0) is 6.92 Å². The number of carbonyl (C=O) groups excluding carboxylic acids is 1. The second kappa shape index (κ2) is 5.54. The van der Waals surface area contributed by atoms with Gasteiger partial charge in [-0.3, -0.25) is 9.59 Å². The lowest BCUT2D eigenvalue weighted by atomic mass is 10.3. The van der Waals surface area contributed by atoms with Gasteiger partial charge < -0.3 is 15.7 Å². The smallest absolute Gasteiger partial charge is 0.305 e. The summed E-state index contributed by atoms with van der Waals surface area (Å²) in [6, 6.07) is 0. The minimum absolute atomic E-state index is 0.0282. The second-order valence-electron chi connectivity index (χ2n) is 2.32. The molecule has 0 aliphatic carbocycles. The number of nitrogens with zero attached hydrogens (tertiary/aromatic N) is 1. The average molecular weight is 174 g/mol. The summed E-state index contributed by atoms with van der Waals surface area (Å²) in [5.74, 6) is -1.11. The molecular formula is C7H14N2O3. The van der Waals surface area contributed by atoms with Gasteiger partial charge in [0.2, 0.25) is 5.91 Å². The largest absolute Gasteiger partial charge is 0.481 e. The Bertz CT molecular complexity index is 170. The van der Waals surface area contributed by atoms with Gasteiger partial charge in [0.05, 0.1) is 13.0 Å². The monoisotopic (exact) mass is 174 g/mol. The van der Waals surface area contributed by atoms with Gasteiger partial charge in [0, 0.05) is 13.1 Å². The molecule has 5 heteroatoms. The van der Waals surface area contributed by atoms with Crippen LogP contribution in [0.4, 0.5) is 0 Å². The molecule has 0 saturated heterocycles. The van der Waals surface area contributed by atoms with Crippen molar-refractivity contribution in [3.8, 4) is 0 Å². The van der Waals surface area contributed by atoms with Gasteiger partial charge in [-0.2, -0.15) is 0 Å². The molecule has 5 nitrogen and oxygen atoms in total. The number of aliphatic carboxylic acids is 1. The lowest BCUT2D eigenvalue weighted by Gasteiger charge is -2.18. The summed E-state index contributed by atoms with van der Waals surface area (Å²) >= 11 is 0. The van der Waals surface area contributed by atoms with E-state index >= 15 is 0 Å². The first-order valence-electron chi connectivity index (χ1n) is 3.81. The van der Waals surface area contributed by atoms with E-state index in [0.29, 0.717) is 6.54 Å². The van der Waals surface area contributed by atoms with E-state index in [1.165, 1.54) is 4.90 Å². The third kappa shape index (κ3) is 3.92. The molecule has 0 saturated carbocycles. The third-order valence-corrected chi connectivity index (χ3v) is 1.50. The van der Waals surface area contributed by atoms with Gasteiger partial charge in [-0.25, -0.2) is 0 Å². The summed E-state index contributed by atoms with van der Waals surface area (Å²) in [6.07, 6.45) is -0.0282. The van der Waals surface area contributed by atoms with E-state index in [0.717, 1.165) is 0 Å². The minimum Gasteiger partial charge on any atom is -0.481 e. The van der Waals surface area contributed by atoms with Crippen LogP contribution >= 0.6 is 0 Å². The van der Waals surface area contributed by atoms with E-state index < -0.39 is 5.97 Å². The zero-order chi connectivity index (χ0) is 9.56. The molecule has 0 atom stereocenters. The first kappa shape index (κ1) is 10.9. The van der Waals surface area contributed by atoms with Crippen LogP contribution in [-0.4, -0.2) is 41.5 Å². The summed E-state index contributed by atoms with van der Waals surface area (Å²) in [7, 11) is 0. The molecular weight excluding hydrogens is 160 g/mol. The Labute approximate surface area is 71.1 Å². The van der Waals surface area contributed by atoms with E-state index in [4.69, 9.17) is 10.8 Å². The maximum atomic E-state index is 11.0. The topological polar surface area (TPSA) is 83.6 Å². The van der Waals surface area contributed by atoms with Gasteiger partial charge in [0.1, 0.15) is 0 Å². The zero-order valence-electron chi connectivity index (χ0n) is 7.12. The summed E-state index contributed by atoms with van der Waals surface area (Å²) in [5.41, 5.74) is 5.12. The van der Waals surface area contributed by atoms with E-state index in [2.05, 4.69) is 0 Å². The number of carboxylic acid groups (broad SMARTS) is 1. The van der Waals surface area contributed by atoms with Crippen LogP contribution in [0.2, 0.25) is 0 Å². The second-order valence-corrected chi connectivity index (χ2v) is 2.32. The number of carboxylic acids is 1.